The predicted octanol–water partition coefficient (Wildman–Crippen LogP) is 1.60. The van der Waals surface area contributed by atoms with Crippen molar-refractivity contribution in [2.24, 2.45) is 11.8 Å². The monoisotopic (exact) mass is 208 g/mol. The Morgan fingerprint density at radius 2 is 2.47 bits per heavy atom. The van der Waals surface area contributed by atoms with Gasteiger partial charge in [0.1, 0.15) is 5.82 Å². The molecule has 1 atom stereocenters. The first-order chi connectivity index (χ1) is 7.35. The minimum atomic E-state index is 0.213. The molecule has 0 aliphatic heterocycles. The van der Waals surface area contributed by atoms with Crippen LogP contribution in [0.2, 0.25) is 0 Å². The molecule has 0 aromatic carbocycles. The van der Waals surface area contributed by atoms with E-state index in [2.05, 4.69) is 21.9 Å². The third kappa shape index (κ3) is 2.21. The Morgan fingerprint density at radius 1 is 1.67 bits per heavy atom. The summed E-state index contributed by atoms with van der Waals surface area (Å²) >= 11 is 0. The normalized spacial score (nSPS) is 18.8. The molecule has 1 aliphatic rings. The van der Waals surface area contributed by atoms with Crippen LogP contribution in [-0.2, 0) is 6.54 Å². The van der Waals surface area contributed by atoms with Crippen molar-refractivity contribution in [1.82, 2.24) is 15.0 Å². The molecule has 0 saturated heterocycles. The van der Waals surface area contributed by atoms with Crippen LogP contribution in [0.15, 0.2) is 12.4 Å². The first-order valence-corrected chi connectivity index (χ1v) is 5.82. The van der Waals surface area contributed by atoms with Gasteiger partial charge >= 0.3 is 0 Å². The third-order valence-electron chi connectivity index (χ3n) is 3.40. The lowest BCUT2D eigenvalue weighted by Gasteiger charge is -2.29. The Bertz CT molecular complexity index is 303. The molecule has 0 spiro atoms. The Hall–Kier alpha value is -0.870. The third-order valence-corrected chi connectivity index (χ3v) is 3.40. The average Bonchev–Trinajstić information content (AvgIpc) is 2.64. The molecular weight excluding hydrogens is 188 g/mol. The van der Waals surface area contributed by atoms with Crippen molar-refractivity contribution < 1.29 is 0 Å². The molecular formula is C11H20N4. The van der Waals surface area contributed by atoms with Crippen molar-refractivity contribution >= 4 is 0 Å². The van der Waals surface area contributed by atoms with Crippen LogP contribution in [0.25, 0.3) is 0 Å². The van der Waals surface area contributed by atoms with Gasteiger partial charge in [-0.05, 0) is 19.3 Å². The summed E-state index contributed by atoms with van der Waals surface area (Å²) in [7, 11) is 0. The number of rotatable bonds is 5. The molecule has 1 aromatic heterocycles. The van der Waals surface area contributed by atoms with E-state index in [1.165, 1.54) is 19.3 Å². The van der Waals surface area contributed by atoms with Gasteiger partial charge in [0, 0.05) is 18.9 Å². The van der Waals surface area contributed by atoms with Crippen LogP contribution >= 0.6 is 0 Å². The second kappa shape index (κ2) is 4.77. The molecule has 1 aromatic rings. The molecule has 1 heterocycles. The minimum Gasteiger partial charge on any atom is -0.334 e. The predicted molar refractivity (Wildman–Crippen MR) is 59.9 cm³/mol. The second-order valence-electron chi connectivity index (χ2n) is 4.32. The van der Waals surface area contributed by atoms with Gasteiger partial charge in [-0.1, -0.05) is 19.3 Å². The zero-order valence-electron chi connectivity index (χ0n) is 9.32. The number of nitrogens with zero attached hydrogens (tertiary/aromatic N) is 2. The Balaban J connectivity index is 2.04. The topological polar surface area (TPSA) is 55.9 Å². The van der Waals surface area contributed by atoms with Crippen molar-refractivity contribution in [3.05, 3.63) is 18.2 Å². The molecule has 1 unspecified atom stereocenters. The highest BCUT2D eigenvalue weighted by atomic mass is 15.3. The van der Waals surface area contributed by atoms with Crippen molar-refractivity contribution in [1.29, 1.82) is 0 Å². The van der Waals surface area contributed by atoms with Gasteiger partial charge in [-0.2, -0.15) is 0 Å². The first kappa shape index (κ1) is 10.6. The largest absolute Gasteiger partial charge is 0.334 e. The highest BCUT2D eigenvalue weighted by molar-refractivity contribution is 5.00. The number of hydrazine groups is 1. The van der Waals surface area contributed by atoms with Crippen LogP contribution in [0, 0.1) is 5.92 Å². The van der Waals surface area contributed by atoms with E-state index in [1.54, 1.807) is 0 Å². The summed E-state index contributed by atoms with van der Waals surface area (Å²) in [5, 5.41) is 0. The summed E-state index contributed by atoms with van der Waals surface area (Å²) in [6.07, 6.45) is 9.07. The molecule has 2 rings (SSSR count). The minimum absolute atomic E-state index is 0.213. The summed E-state index contributed by atoms with van der Waals surface area (Å²) < 4.78 is 2.16. The number of hydrogen-bond donors (Lipinski definition) is 2. The SMILES string of the molecule is CCn1ccnc1C(CC1CCC1)NN. The molecule has 3 N–H and O–H groups in total. The lowest BCUT2D eigenvalue weighted by molar-refractivity contribution is 0.255. The van der Waals surface area contributed by atoms with E-state index in [0.29, 0.717) is 0 Å². The van der Waals surface area contributed by atoms with E-state index in [4.69, 9.17) is 5.84 Å². The molecule has 1 aliphatic carbocycles. The van der Waals surface area contributed by atoms with Crippen LogP contribution < -0.4 is 11.3 Å². The summed E-state index contributed by atoms with van der Waals surface area (Å²) in [4.78, 5) is 4.39. The number of imidazole rings is 1. The molecule has 1 fully saturated rings. The molecule has 0 amide bonds. The van der Waals surface area contributed by atoms with Crippen molar-refractivity contribution in [3.8, 4) is 0 Å². The quantitative estimate of drug-likeness (QED) is 0.571. The standard InChI is InChI=1S/C11H20N4/c1-2-15-7-6-13-11(15)10(14-12)8-9-4-3-5-9/h6-7,9-10,14H,2-5,8,12H2,1H3. The Labute approximate surface area is 90.8 Å². The first-order valence-electron chi connectivity index (χ1n) is 5.82. The molecule has 4 nitrogen and oxygen atoms in total. The maximum absolute atomic E-state index is 5.61. The van der Waals surface area contributed by atoms with Gasteiger partial charge in [0.25, 0.3) is 0 Å². The number of aromatic nitrogens is 2. The fraction of sp³-hybridized carbons (Fsp3) is 0.727. The summed E-state index contributed by atoms with van der Waals surface area (Å²) in [5.41, 5.74) is 2.89. The lowest BCUT2D eigenvalue weighted by Crippen LogP contribution is -2.33. The van der Waals surface area contributed by atoms with E-state index < -0.39 is 0 Å². The van der Waals surface area contributed by atoms with Crippen molar-refractivity contribution in [2.75, 3.05) is 0 Å². The molecule has 1 saturated carbocycles. The highest BCUT2D eigenvalue weighted by Gasteiger charge is 2.24. The smallest absolute Gasteiger partial charge is 0.127 e. The van der Waals surface area contributed by atoms with Gasteiger partial charge in [0.2, 0.25) is 0 Å². The Kier molecular flexibility index (Phi) is 3.38. The van der Waals surface area contributed by atoms with Gasteiger partial charge in [-0.15, -0.1) is 0 Å². The van der Waals surface area contributed by atoms with Gasteiger partial charge in [0.05, 0.1) is 6.04 Å². The van der Waals surface area contributed by atoms with Gasteiger partial charge in [0.15, 0.2) is 0 Å². The van der Waals surface area contributed by atoms with Crippen LogP contribution in [-0.4, -0.2) is 9.55 Å². The number of nitrogens with two attached hydrogens (primary N) is 1. The van der Waals surface area contributed by atoms with E-state index in [0.717, 1.165) is 24.7 Å². The van der Waals surface area contributed by atoms with Crippen LogP contribution in [0.4, 0.5) is 0 Å². The molecule has 0 radical (unpaired) electrons. The summed E-state index contributed by atoms with van der Waals surface area (Å²) in [5.74, 6) is 7.53. The fourth-order valence-corrected chi connectivity index (χ4v) is 2.21. The number of aryl methyl sites for hydroxylation is 1. The summed E-state index contributed by atoms with van der Waals surface area (Å²) in [6.45, 7) is 3.08. The second-order valence-corrected chi connectivity index (χ2v) is 4.32. The molecule has 84 valence electrons. The number of hydrogen-bond acceptors (Lipinski definition) is 3. The van der Waals surface area contributed by atoms with Crippen molar-refractivity contribution in [2.45, 2.75) is 45.2 Å². The average molecular weight is 208 g/mol. The zero-order chi connectivity index (χ0) is 10.7. The number of nitrogens with one attached hydrogen (secondary N) is 1. The fourth-order valence-electron chi connectivity index (χ4n) is 2.21. The maximum atomic E-state index is 5.61. The van der Waals surface area contributed by atoms with Gasteiger partial charge in [-0.25, -0.2) is 10.4 Å². The Morgan fingerprint density at radius 3 is 3.00 bits per heavy atom. The lowest BCUT2D eigenvalue weighted by atomic mass is 9.81. The van der Waals surface area contributed by atoms with E-state index in [-0.39, 0.29) is 6.04 Å². The molecule has 4 heteroatoms. The molecule has 15 heavy (non-hydrogen) atoms. The zero-order valence-corrected chi connectivity index (χ0v) is 9.32. The van der Waals surface area contributed by atoms with Gasteiger partial charge in [-0.3, -0.25) is 5.84 Å². The van der Waals surface area contributed by atoms with E-state index in [1.807, 2.05) is 12.4 Å². The highest BCUT2D eigenvalue weighted by Crippen LogP contribution is 2.33. The van der Waals surface area contributed by atoms with E-state index >= 15 is 0 Å². The van der Waals surface area contributed by atoms with Crippen LogP contribution in [0.3, 0.4) is 0 Å². The van der Waals surface area contributed by atoms with Gasteiger partial charge < -0.3 is 4.57 Å². The van der Waals surface area contributed by atoms with Crippen LogP contribution in [0.1, 0.15) is 44.5 Å². The van der Waals surface area contributed by atoms with Crippen molar-refractivity contribution in [3.63, 3.8) is 0 Å². The van der Waals surface area contributed by atoms with E-state index in [9.17, 15) is 0 Å². The summed E-state index contributed by atoms with van der Waals surface area (Å²) in [6, 6.07) is 0.213. The van der Waals surface area contributed by atoms with Crippen LogP contribution in [0.5, 0.6) is 0 Å². The molecule has 0 bridgehead atoms. The maximum Gasteiger partial charge on any atom is 0.127 e.